The number of hydrogen-bond donors (Lipinski definition) is 1. The Morgan fingerprint density at radius 1 is 0.974 bits per heavy atom. The molecule has 3 aliphatic heterocycles. The Labute approximate surface area is 231 Å². The summed E-state index contributed by atoms with van der Waals surface area (Å²) >= 11 is 0. The van der Waals surface area contributed by atoms with Gasteiger partial charge in [-0.25, -0.2) is 4.39 Å². The van der Waals surface area contributed by atoms with Gasteiger partial charge < -0.3 is 24.8 Å². The van der Waals surface area contributed by atoms with Gasteiger partial charge in [0.2, 0.25) is 11.8 Å². The Morgan fingerprint density at radius 3 is 2.54 bits per heavy atom. The zero-order chi connectivity index (χ0) is 27.2. The van der Waals surface area contributed by atoms with Crippen LogP contribution in [0, 0.1) is 11.2 Å². The van der Waals surface area contributed by atoms with E-state index in [0.717, 1.165) is 50.1 Å². The zero-order valence-corrected chi connectivity index (χ0v) is 23.0. The number of likely N-dealkylation sites (tertiary alicyclic amines) is 1. The Morgan fingerprint density at radius 2 is 1.74 bits per heavy atom. The van der Waals surface area contributed by atoms with Crippen molar-refractivity contribution in [3.8, 4) is 5.75 Å². The minimum absolute atomic E-state index is 0.0910. The average Bonchev–Trinajstić information content (AvgIpc) is 2.98. The number of anilines is 1. The minimum atomic E-state index is -0.424. The highest BCUT2D eigenvalue weighted by molar-refractivity contribution is 5.85. The molecule has 1 atom stereocenters. The molecular formula is C31H41FN4O3. The van der Waals surface area contributed by atoms with Gasteiger partial charge in [-0.05, 0) is 68.0 Å². The van der Waals surface area contributed by atoms with Gasteiger partial charge in [0.25, 0.3) is 0 Å². The summed E-state index contributed by atoms with van der Waals surface area (Å²) in [5, 5.41) is 3.38. The van der Waals surface area contributed by atoms with Crippen LogP contribution in [-0.4, -0.2) is 80.6 Å². The molecule has 2 saturated heterocycles. The third-order valence-corrected chi connectivity index (χ3v) is 8.76. The second kappa shape index (κ2) is 12.4. The number of aryl methyl sites for hydroxylation is 1. The number of carbonyl (C=O) groups is 2. The number of hydrogen-bond acceptors (Lipinski definition) is 5. The fraction of sp³-hybridized carbons (Fsp3) is 0.548. The maximum Gasteiger partial charge on any atom is 0.241 e. The number of carbonyl (C=O) groups excluding carboxylic acids is 2. The van der Waals surface area contributed by atoms with Crippen molar-refractivity contribution in [3.05, 3.63) is 59.9 Å². The third kappa shape index (κ3) is 6.38. The van der Waals surface area contributed by atoms with E-state index in [2.05, 4.69) is 22.3 Å². The van der Waals surface area contributed by atoms with Crippen LogP contribution in [0.4, 0.5) is 10.1 Å². The first-order chi connectivity index (χ1) is 18.9. The van der Waals surface area contributed by atoms with Gasteiger partial charge in [0, 0.05) is 45.5 Å². The summed E-state index contributed by atoms with van der Waals surface area (Å²) in [5.74, 6) is 0.939. The van der Waals surface area contributed by atoms with Gasteiger partial charge in [-0.1, -0.05) is 31.0 Å². The molecule has 1 N–H and O–H groups in total. The molecule has 2 amide bonds. The van der Waals surface area contributed by atoms with Gasteiger partial charge in [0.1, 0.15) is 24.2 Å². The molecule has 1 spiro atoms. The van der Waals surface area contributed by atoms with Gasteiger partial charge in [-0.3, -0.25) is 9.59 Å². The first-order valence-corrected chi connectivity index (χ1v) is 14.4. The van der Waals surface area contributed by atoms with Crippen molar-refractivity contribution in [2.75, 3.05) is 57.8 Å². The minimum Gasteiger partial charge on any atom is -0.491 e. The smallest absolute Gasteiger partial charge is 0.241 e. The fourth-order valence-corrected chi connectivity index (χ4v) is 6.35. The lowest BCUT2D eigenvalue weighted by atomic mass is 9.73. The van der Waals surface area contributed by atoms with Crippen LogP contribution in [0.2, 0.25) is 0 Å². The van der Waals surface area contributed by atoms with Crippen LogP contribution in [0.15, 0.2) is 48.5 Å². The van der Waals surface area contributed by atoms with E-state index in [4.69, 9.17) is 4.74 Å². The van der Waals surface area contributed by atoms with Crippen LogP contribution < -0.4 is 15.0 Å². The van der Waals surface area contributed by atoms with Gasteiger partial charge in [-0.15, -0.1) is 0 Å². The number of likely N-dealkylation sites (N-methyl/N-ethyl adjacent to an activating group) is 1. The summed E-state index contributed by atoms with van der Waals surface area (Å²) in [6, 6.07) is 14.4. The van der Waals surface area contributed by atoms with E-state index >= 15 is 0 Å². The summed E-state index contributed by atoms with van der Waals surface area (Å²) in [4.78, 5) is 33.2. The topological polar surface area (TPSA) is 65.1 Å². The average molecular weight is 537 g/mol. The Hall–Kier alpha value is -3.13. The van der Waals surface area contributed by atoms with Crippen LogP contribution in [0.3, 0.4) is 0 Å². The molecule has 0 bridgehead atoms. The van der Waals surface area contributed by atoms with Crippen LogP contribution >= 0.6 is 0 Å². The molecule has 2 aromatic carbocycles. The van der Waals surface area contributed by atoms with Crippen molar-refractivity contribution in [1.29, 1.82) is 0 Å². The van der Waals surface area contributed by atoms with Gasteiger partial charge >= 0.3 is 0 Å². The van der Waals surface area contributed by atoms with E-state index in [1.54, 1.807) is 12.1 Å². The van der Waals surface area contributed by atoms with Crippen molar-refractivity contribution >= 4 is 17.5 Å². The molecule has 0 radical (unpaired) electrons. The number of fused-ring (bicyclic) bond motifs is 1. The normalized spacial score (nSPS) is 22.8. The number of piperazine rings is 1. The molecule has 0 aliphatic carbocycles. The molecule has 0 aromatic heterocycles. The molecule has 2 aromatic rings. The lowest BCUT2D eigenvalue weighted by molar-refractivity contribution is -0.148. The van der Waals surface area contributed by atoms with Crippen LogP contribution in [-0.2, 0) is 16.0 Å². The second-order valence-electron chi connectivity index (χ2n) is 11.3. The molecule has 5 rings (SSSR count). The Bertz CT molecular complexity index is 1130. The number of nitrogens with one attached hydrogen (secondary N) is 1. The number of nitrogens with zero attached hydrogens (tertiary/aromatic N) is 3. The van der Waals surface area contributed by atoms with Crippen LogP contribution in [0.5, 0.6) is 5.75 Å². The molecule has 3 heterocycles. The van der Waals surface area contributed by atoms with Crippen molar-refractivity contribution in [2.24, 2.45) is 5.41 Å². The molecule has 2 fully saturated rings. The molecule has 3 aliphatic rings. The van der Waals surface area contributed by atoms with Gasteiger partial charge in [-0.2, -0.15) is 0 Å². The standard InChI is InChI=1S/C31H41FN4O3/c1-34-21-22-39-28-9-5-4-8-24(28)7-3-2-6-14-31(30(34)38)15-18-35(19-16-31)29(37)27-23-36(20-17-33-27)26-12-10-25(32)11-13-26/h4-5,8-13,27,33H,2-3,6-7,14-23H2,1H3. The summed E-state index contributed by atoms with van der Waals surface area (Å²) in [6.07, 6.45) is 6.38. The van der Waals surface area contributed by atoms with E-state index in [-0.39, 0.29) is 23.7 Å². The van der Waals surface area contributed by atoms with Crippen molar-refractivity contribution < 1.29 is 18.7 Å². The molecule has 1 unspecified atom stereocenters. The Kier molecular flexibility index (Phi) is 8.70. The number of para-hydroxylation sites is 1. The van der Waals surface area contributed by atoms with E-state index in [0.29, 0.717) is 52.2 Å². The largest absolute Gasteiger partial charge is 0.491 e. The maximum atomic E-state index is 13.8. The number of benzene rings is 2. The van der Waals surface area contributed by atoms with Crippen LogP contribution in [0.1, 0.15) is 44.1 Å². The highest BCUT2D eigenvalue weighted by Gasteiger charge is 2.44. The van der Waals surface area contributed by atoms with Crippen LogP contribution in [0.25, 0.3) is 0 Å². The lowest BCUT2D eigenvalue weighted by Gasteiger charge is -2.44. The van der Waals surface area contributed by atoms with E-state index < -0.39 is 5.41 Å². The maximum absolute atomic E-state index is 13.8. The second-order valence-corrected chi connectivity index (χ2v) is 11.3. The number of ether oxygens (including phenoxy) is 1. The first-order valence-electron chi connectivity index (χ1n) is 14.4. The van der Waals surface area contributed by atoms with Gasteiger partial charge in [0.15, 0.2) is 0 Å². The lowest BCUT2D eigenvalue weighted by Crippen LogP contribution is -2.60. The SMILES string of the molecule is CN1CCOc2ccccc2CCCCCC2(CCN(C(=O)C3CN(c4ccc(F)cc4)CCN3)CC2)C1=O. The number of piperidine rings is 1. The fourth-order valence-electron chi connectivity index (χ4n) is 6.35. The summed E-state index contributed by atoms with van der Waals surface area (Å²) in [6.45, 7) is 4.22. The molecular weight excluding hydrogens is 495 g/mol. The van der Waals surface area contributed by atoms with Crippen molar-refractivity contribution in [3.63, 3.8) is 0 Å². The third-order valence-electron chi connectivity index (χ3n) is 8.76. The quantitative estimate of drug-likeness (QED) is 0.632. The molecule has 210 valence electrons. The first kappa shape index (κ1) is 27.4. The zero-order valence-electron chi connectivity index (χ0n) is 23.0. The molecule has 7 nitrogen and oxygen atoms in total. The highest BCUT2D eigenvalue weighted by atomic mass is 19.1. The molecule has 39 heavy (non-hydrogen) atoms. The molecule has 8 heteroatoms. The summed E-state index contributed by atoms with van der Waals surface area (Å²) in [7, 11) is 1.88. The van der Waals surface area contributed by atoms with E-state index in [9.17, 15) is 14.0 Å². The monoisotopic (exact) mass is 536 g/mol. The van der Waals surface area contributed by atoms with E-state index in [1.807, 2.05) is 29.0 Å². The Balaban J connectivity index is 1.21. The van der Waals surface area contributed by atoms with E-state index in [1.165, 1.54) is 17.7 Å². The van der Waals surface area contributed by atoms with Gasteiger partial charge in [0.05, 0.1) is 12.0 Å². The van der Waals surface area contributed by atoms with Crippen molar-refractivity contribution in [2.45, 2.75) is 51.0 Å². The highest BCUT2D eigenvalue weighted by Crippen LogP contribution is 2.39. The molecule has 0 saturated carbocycles. The number of rotatable bonds is 2. The summed E-state index contributed by atoms with van der Waals surface area (Å²) < 4.78 is 19.5. The predicted octanol–water partition coefficient (Wildman–Crippen LogP) is 3.87. The number of amides is 2. The van der Waals surface area contributed by atoms with Crippen molar-refractivity contribution in [1.82, 2.24) is 15.1 Å². The number of halogens is 1. The summed E-state index contributed by atoms with van der Waals surface area (Å²) in [5.41, 5.74) is 1.74. The predicted molar refractivity (Wildman–Crippen MR) is 150 cm³/mol.